The van der Waals surface area contributed by atoms with E-state index in [0.29, 0.717) is 17.1 Å². The van der Waals surface area contributed by atoms with Gasteiger partial charge in [-0.25, -0.2) is 4.98 Å². The molecule has 4 aromatic rings. The molecule has 2 aromatic carbocycles. The van der Waals surface area contributed by atoms with E-state index >= 15 is 0 Å². The standard InChI is InChI=1S/C26H25F3N4O2/c1-19(21-7-9-22(10-8-21)26(27,28)29)16-25-31-23(18-35-25)17-34-24-11-5-20(6-12-24)4-2-3-14-33-15-13-30-32-33/h5-13,15-16,18H,2-4,14,17H2,1H3. The highest BCUT2D eigenvalue weighted by Gasteiger charge is 2.29. The van der Waals surface area contributed by atoms with Crippen LogP contribution >= 0.6 is 0 Å². The molecule has 0 fully saturated rings. The Balaban J connectivity index is 1.25. The third-order valence-corrected chi connectivity index (χ3v) is 5.46. The summed E-state index contributed by atoms with van der Waals surface area (Å²) in [6.07, 6.45) is 5.45. The highest BCUT2D eigenvalue weighted by atomic mass is 19.4. The Morgan fingerprint density at radius 2 is 1.83 bits per heavy atom. The molecule has 182 valence electrons. The quantitative estimate of drug-likeness (QED) is 0.243. The molecule has 9 heteroatoms. The number of oxazole rings is 1. The molecule has 0 bridgehead atoms. The van der Waals surface area contributed by atoms with Crippen LogP contribution in [-0.2, 0) is 25.7 Å². The summed E-state index contributed by atoms with van der Waals surface area (Å²) < 4.78 is 51.3. The number of nitrogens with zero attached hydrogens (tertiary/aromatic N) is 4. The van der Waals surface area contributed by atoms with E-state index in [1.54, 1.807) is 19.2 Å². The SMILES string of the molecule is CC(=Cc1nc(COc2ccc(CCCCn3ccnn3)cc2)co1)c1ccc(C(F)(F)F)cc1. The van der Waals surface area contributed by atoms with Gasteiger partial charge in [0.25, 0.3) is 0 Å². The molecule has 2 aromatic heterocycles. The molecule has 35 heavy (non-hydrogen) atoms. The van der Waals surface area contributed by atoms with Crippen molar-refractivity contribution in [2.75, 3.05) is 0 Å². The summed E-state index contributed by atoms with van der Waals surface area (Å²) in [5, 5.41) is 7.76. The smallest absolute Gasteiger partial charge is 0.416 e. The molecule has 0 aliphatic carbocycles. The number of aromatic nitrogens is 4. The van der Waals surface area contributed by atoms with Crippen molar-refractivity contribution in [3.63, 3.8) is 0 Å². The first-order valence-corrected chi connectivity index (χ1v) is 11.2. The molecule has 0 saturated heterocycles. The van der Waals surface area contributed by atoms with Crippen LogP contribution < -0.4 is 4.74 Å². The van der Waals surface area contributed by atoms with Gasteiger partial charge in [0.05, 0.1) is 11.8 Å². The Morgan fingerprint density at radius 1 is 1.06 bits per heavy atom. The topological polar surface area (TPSA) is 66.0 Å². The third kappa shape index (κ3) is 7.05. The number of allylic oxidation sites excluding steroid dienone is 1. The largest absolute Gasteiger partial charge is 0.487 e. The molecule has 0 N–H and O–H groups in total. The number of rotatable bonds is 10. The fourth-order valence-corrected chi connectivity index (χ4v) is 3.51. The number of halogens is 3. The molecule has 2 heterocycles. The Kier molecular flexibility index (Phi) is 7.64. The number of alkyl halides is 3. The zero-order valence-corrected chi connectivity index (χ0v) is 19.2. The summed E-state index contributed by atoms with van der Waals surface area (Å²) in [6.45, 7) is 2.90. The Hall–Kier alpha value is -3.88. The first kappa shape index (κ1) is 24.3. The fourth-order valence-electron chi connectivity index (χ4n) is 3.51. The van der Waals surface area contributed by atoms with Gasteiger partial charge in [-0.3, -0.25) is 4.68 Å². The molecule has 6 nitrogen and oxygen atoms in total. The molecular weight excluding hydrogens is 457 g/mol. The van der Waals surface area contributed by atoms with Crippen molar-refractivity contribution in [3.8, 4) is 5.75 Å². The Labute approximate surface area is 201 Å². The van der Waals surface area contributed by atoms with Gasteiger partial charge in [-0.15, -0.1) is 5.10 Å². The van der Waals surface area contributed by atoms with Gasteiger partial charge in [0.2, 0.25) is 5.89 Å². The maximum Gasteiger partial charge on any atom is 0.416 e. The molecule has 0 saturated carbocycles. The summed E-state index contributed by atoms with van der Waals surface area (Å²) in [6, 6.07) is 13.0. The number of aryl methyl sites for hydroxylation is 2. The van der Waals surface area contributed by atoms with Gasteiger partial charge in [0.1, 0.15) is 24.3 Å². The van der Waals surface area contributed by atoms with Crippen molar-refractivity contribution in [3.05, 3.63) is 95.5 Å². The van der Waals surface area contributed by atoms with Crippen LogP contribution in [0, 0.1) is 0 Å². The minimum atomic E-state index is -4.35. The van der Waals surface area contributed by atoms with Crippen molar-refractivity contribution in [2.24, 2.45) is 0 Å². The lowest BCUT2D eigenvalue weighted by molar-refractivity contribution is -0.137. The summed E-state index contributed by atoms with van der Waals surface area (Å²) in [4.78, 5) is 4.38. The van der Waals surface area contributed by atoms with Gasteiger partial charge in [-0.2, -0.15) is 13.2 Å². The molecule has 0 unspecified atom stereocenters. The average molecular weight is 483 g/mol. The lowest BCUT2D eigenvalue weighted by Gasteiger charge is -2.07. The fraction of sp³-hybridized carbons (Fsp3) is 0.269. The lowest BCUT2D eigenvalue weighted by Crippen LogP contribution is -2.04. The van der Waals surface area contributed by atoms with E-state index in [1.807, 2.05) is 23.0 Å². The number of hydrogen-bond donors (Lipinski definition) is 0. The van der Waals surface area contributed by atoms with Crippen LogP contribution in [0.2, 0.25) is 0 Å². The number of unbranched alkanes of at least 4 members (excludes halogenated alkanes) is 1. The van der Waals surface area contributed by atoms with Crippen LogP contribution in [0.15, 0.2) is 71.6 Å². The van der Waals surface area contributed by atoms with E-state index < -0.39 is 11.7 Å². The molecule has 0 aliphatic heterocycles. The first-order chi connectivity index (χ1) is 16.9. The van der Waals surface area contributed by atoms with Gasteiger partial charge in [0.15, 0.2) is 0 Å². The molecule has 0 amide bonds. The first-order valence-electron chi connectivity index (χ1n) is 11.2. The second kappa shape index (κ2) is 11.0. The molecule has 4 rings (SSSR count). The van der Waals surface area contributed by atoms with Crippen LogP contribution in [0.5, 0.6) is 5.75 Å². The summed E-state index contributed by atoms with van der Waals surface area (Å²) >= 11 is 0. The van der Waals surface area contributed by atoms with Gasteiger partial charge < -0.3 is 9.15 Å². The van der Waals surface area contributed by atoms with Gasteiger partial charge in [-0.05, 0) is 67.2 Å². The highest BCUT2D eigenvalue weighted by molar-refractivity contribution is 5.77. The van der Waals surface area contributed by atoms with Gasteiger partial charge in [-0.1, -0.05) is 29.5 Å². The highest BCUT2D eigenvalue weighted by Crippen LogP contribution is 2.30. The van der Waals surface area contributed by atoms with Crippen molar-refractivity contribution in [2.45, 2.75) is 45.5 Å². The number of ether oxygens (including phenoxy) is 1. The Morgan fingerprint density at radius 3 is 2.51 bits per heavy atom. The van der Waals surface area contributed by atoms with E-state index in [-0.39, 0.29) is 6.61 Å². The van der Waals surface area contributed by atoms with Crippen LogP contribution in [0.3, 0.4) is 0 Å². The van der Waals surface area contributed by atoms with Crippen molar-refractivity contribution < 1.29 is 22.3 Å². The minimum absolute atomic E-state index is 0.244. The summed E-state index contributed by atoms with van der Waals surface area (Å²) in [5.74, 6) is 1.10. The second-order valence-corrected chi connectivity index (χ2v) is 8.14. The third-order valence-electron chi connectivity index (χ3n) is 5.46. The Bertz CT molecular complexity index is 1230. The summed E-state index contributed by atoms with van der Waals surface area (Å²) in [5.41, 5.74) is 2.58. The lowest BCUT2D eigenvalue weighted by atomic mass is 10.0. The normalized spacial score (nSPS) is 12.2. The monoisotopic (exact) mass is 482 g/mol. The molecule has 0 radical (unpaired) electrons. The molecule has 0 atom stereocenters. The molecule has 0 aliphatic rings. The van der Waals surface area contributed by atoms with Crippen molar-refractivity contribution in [1.29, 1.82) is 0 Å². The van der Waals surface area contributed by atoms with E-state index in [1.165, 1.54) is 24.0 Å². The van der Waals surface area contributed by atoms with Crippen molar-refractivity contribution in [1.82, 2.24) is 20.0 Å². The maximum absolute atomic E-state index is 12.7. The maximum atomic E-state index is 12.7. The van der Waals surface area contributed by atoms with E-state index in [2.05, 4.69) is 27.4 Å². The minimum Gasteiger partial charge on any atom is -0.487 e. The van der Waals surface area contributed by atoms with E-state index in [0.717, 1.165) is 49.3 Å². The predicted molar refractivity (Wildman–Crippen MR) is 125 cm³/mol. The van der Waals surface area contributed by atoms with Crippen LogP contribution in [-0.4, -0.2) is 20.0 Å². The van der Waals surface area contributed by atoms with Crippen LogP contribution in [0.4, 0.5) is 13.2 Å². The van der Waals surface area contributed by atoms with E-state index in [9.17, 15) is 13.2 Å². The zero-order valence-electron chi connectivity index (χ0n) is 19.2. The number of benzene rings is 2. The summed E-state index contributed by atoms with van der Waals surface area (Å²) in [7, 11) is 0. The van der Waals surface area contributed by atoms with Crippen LogP contribution in [0.1, 0.15) is 48.0 Å². The average Bonchev–Trinajstić information content (AvgIpc) is 3.53. The van der Waals surface area contributed by atoms with Gasteiger partial charge in [0, 0.05) is 18.8 Å². The molecular formula is C26H25F3N4O2. The second-order valence-electron chi connectivity index (χ2n) is 8.14. The molecule has 0 spiro atoms. The van der Waals surface area contributed by atoms with Gasteiger partial charge >= 0.3 is 6.18 Å². The van der Waals surface area contributed by atoms with E-state index in [4.69, 9.17) is 9.15 Å². The van der Waals surface area contributed by atoms with Crippen LogP contribution in [0.25, 0.3) is 11.6 Å². The number of hydrogen-bond acceptors (Lipinski definition) is 5. The zero-order chi connectivity index (χ0) is 24.7. The predicted octanol–water partition coefficient (Wildman–Crippen LogP) is 6.45. The van der Waals surface area contributed by atoms with Crippen molar-refractivity contribution >= 4 is 11.6 Å².